The van der Waals surface area contributed by atoms with Gasteiger partial charge in [0.2, 0.25) is 0 Å². The van der Waals surface area contributed by atoms with Gasteiger partial charge in [-0.05, 0) is 19.8 Å². The van der Waals surface area contributed by atoms with Crippen LogP contribution in [-0.2, 0) is 14.6 Å². The van der Waals surface area contributed by atoms with Gasteiger partial charge < -0.3 is 10.1 Å². The van der Waals surface area contributed by atoms with E-state index in [1.165, 1.54) is 0 Å². The third-order valence-corrected chi connectivity index (χ3v) is 5.30. The second-order valence-electron chi connectivity index (χ2n) is 5.03. The lowest BCUT2D eigenvalue weighted by Gasteiger charge is -2.44. The molecule has 2 rings (SSSR count). The van der Waals surface area contributed by atoms with Crippen LogP contribution in [-0.4, -0.2) is 44.2 Å². The minimum Gasteiger partial charge on any atom is -0.365 e. The van der Waals surface area contributed by atoms with Crippen molar-refractivity contribution in [2.24, 2.45) is 0 Å². The molecule has 0 radical (unpaired) electrons. The van der Waals surface area contributed by atoms with E-state index in [1.807, 2.05) is 6.92 Å². The first-order valence-corrected chi connectivity index (χ1v) is 7.32. The van der Waals surface area contributed by atoms with Crippen LogP contribution in [0.1, 0.15) is 26.7 Å². The predicted octanol–water partition coefficient (Wildman–Crippen LogP) is 0.332. The largest absolute Gasteiger partial charge is 0.365 e. The molecule has 2 atom stereocenters. The lowest BCUT2D eigenvalue weighted by molar-refractivity contribution is -0.158. The van der Waals surface area contributed by atoms with Crippen molar-refractivity contribution in [2.75, 3.05) is 24.6 Å². The Morgan fingerprint density at radius 2 is 2.13 bits per heavy atom. The van der Waals surface area contributed by atoms with Gasteiger partial charge in [0.25, 0.3) is 0 Å². The van der Waals surface area contributed by atoms with Gasteiger partial charge in [-0.25, -0.2) is 8.42 Å². The Hall–Kier alpha value is -0.130. The third kappa shape index (κ3) is 2.19. The zero-order valence-electron chi connectivity index (χ0n) is 9.38. The Morgan fingerprint density at radius 3 is 2.67 bits per heavy atom. The molecule has 0 bridgehead atoms. The molecular formula is C10H19NO3S. The minimum atomic E-state index is -2.88. The zero-order valence-corrected chi connectivity index (χ0v) is 10.2. The van der Waals surface area contributed by atoms with E-state index in [2.05, 4.69) is 12.2 Å². The van der Waals surface area contributed by atoms with Gasteiger partial charge in [0.1, 0.15) is 0 Å². The molecule has 0 saturated carbocycles. The lowest BCUT2D eigenvalue weighted by atomic mass is 9.94. The van der Waals surface area contributed by atoms with Crippen LogP contribution in [0.5, 0.6) is 0 Å². The summed E-state index contributed by atoms with van der Waals surface area (Å²) in [5.74, 6) is 0.455. The third-order valence-electron chi connectivity index (χ3n) is 3.51. The fourth-order valence-corrected chi connectivity index (χ4v) is 4.39. The maximum Gasteiger partial charge on any atom is 0.153 e. The zero-order chi connectivity index (χ0) is 11.2. The molecule has 1 N–H and O–H groups in total. The molecule has 0 aromatic heterocycles. The second kappa shape index (κ2) is 3.43. The molecule has 88 valence electrons. The van der Waals surface area contributed by atoms with Gasteiger partial charge in [-0.2, -0.15) is 0 Å². The minimum absolute atomic E-state index is 0.183. The molecular weight excluding hydrogens is 214 g/mol. The summed E-state index contributed by atoms with van der Waals surface area (Å²) in [5.41, 5.74) is -0.667. The molecule has 15 heavy (non-hydrogen) atoms. The topological polar surface area (TPSA) is 55.4 Å². The highest BCUT2D eigenvalue weighted by atomic mass is 32.2. The van der Waals surface area contributed by atoms with Crippen molar-refractivity contribution in [3.8, 4) is 0 Å². The van der Waals surface area contributed by atoms with Gasteiger partial charge in [0.15, 0.2) is 9.84 Å². The van der Waals surface area contributed by atoms with Gasteiger partial charge in [-0.1, -0.05) is 6.92 Å². The monoisotopic (exact) mass is 233 g/mol. The Kier molecular flexibility index (Phi) is 2.60. The summed E-state index contributed by atoms with van der Waals surface area (Å²) in [6, 6.07) is 0. The van der Waals surface area contributed by atoms with E-state index in [1.54, 1.807) is 0 Å². The van der Waals surface area contributed by atoms with E-state index in [0.29, 0.717) is 13.0 Å². The van der Waals surface area contributed by atoms with Crippen molar-refractivity contribution in [1.29, 1.82) is 0 Å². The first kappa shape index (κ1) is 11.4. The predicted molar refractivity (Wildman–Crippen MR) is 58.7 cm³/mol. The van der Waals surface area contributed by atoms with Crippen LogP contribution in [0.4, 0.5) is 0 Å². The Bertz CT molecular complexity index is 354. The maximum absolute atomic E-state index is 11.5. The van der Waals surface area contributed by atoms with E-state index in [4.69, 9.17) is 4.74 Å². The summed E-state index contributed by atoms with van der Waals surface area (Å²) in [5, 5.41) is 3.31. The number of hydrogen-bond donors (Lipinski definition) is 1. The van der Waals surface area contributed by atoms with Crippen LogP contribution in [0.3, 0.4) is 0 Å². The van der Waals surface area contributed by atoms with Crippen LogP contribution in [0, 0.1) is 0 Å². The van der Waals surface area contributed by atoms with Crippen molar-refractivity contribution in [2.45, 2.75) is 37.9 Å². The number of ether oxygens (including phenoxy) is 1. The summed E-state index contributed by atoms with van der Waals surface area (Å²) >= 11 is 0. The van der Waals surface area contributed by atoms with Crippen molar-refractivity contribution >= 4 is 9.84 Å². The molecule has 2 unspecified atom stereocenters. The lowest BCUT2D eigenvalue weighted by Crippen LogP contribution is -2.59. The first-order chi connectivity index (χ1) is 6.89. The molecule has 0 aromatic rings. The molecule has 0 amide bonds. The molecule has 2 fully saturated rings. The van der Waals surface area contributed by atoms with E-state index in [-0.39, 0.29) is 17.1 Å². The fraction of sp³-hybridized carbons (Fsp3) is 1.00. The van der Waals surface area contributed by atoms with E-state index in [0.717, 1.165) is 13.0 Å². The number of sulfone groups is 1. The van der Waals surface area contributed by atoms with E-state index < -0.39 is 15.4 Å². The van der Waals surface area contributed by atoms with Gasteiger partial charge in [-0.15, -0.1) is 0 Å². The smallest absolute Gasteiger partial charge is 0.153 e. The number of morpholine rings is 1. The highest BCUT2D eigenvalue weighted by Crippen LogP contribution is 2.35. The normalized spacial score (nSPS) is 44.7. The van der Waals surface area contributed by atoms with Crippen LogP contribution in [0.15, 0.2) is 0 Å². The highest BCUT2D eigenvalue weighted by molar-refractivity contribution is 7.91. The molecule has 2 saturated heterocycles. The van der Waals surface area contributed by atoms with Crippen molar-refractivity contribution < 1.29 is 13.2 Å². The summed E-state index contributed by atoms with van der Waals surface area (Å²) in [7, 11) is -2.88. The number of hydrogen-bond acceptors (Lipinski definition) is 4. The molecule has 0 aliphatic carbocycles. The Morgan fingerprint density at radius 1 is 1.40 bits per heavy atom. The number of rotatable bonds is 1. The summed E-state index contributed by atoms with van der Waals surface area (Å²) in [4.78, 5) is 0. The van der Waals surface area contributed by atoms with Crippen LogP contribution < -0.4 is 5.32 Å². The summed E-state index contributed by atoms with van der Waals surface area (Å²) in [6.45, 7) is 5.60. The van der Waals surface area contributed by atoms with Crippen molar-refractivity contribution in [3.05, 3.63) is 0 Å². The average Bonchev–Trinajstić information content (AvgIpc) is 2.42. The van der Waals surface area contributed by atoms with Crippen LogP contribution >= 0.6 is 0 Å². The van der Waals surface area contributed by atoms with Crippen molar-refractivity contribution in [3.63, 3.8) is 0 Å². The standard InChI is InChI=1S/C10H19NO3S/c1-3-9(2)6-11-7-10(14-9)4-5-15(12,13)8-10/h11H,3-8H2,1-2H3. The summed E-state index contributed by atoms with van der Waals surface area (Å²) in [6.07, 6.45) is 1.54. The quantitative estimate of drug-likeness (QED) is 0.709. The average molecular weight is 233 g/mol. The van der Waals surface area contributed by atoms with Gasteiger partial charge in [-0.3, -0.25) is 0 Å². The molecule has 4 nitrogen and oxygen atoms in total. The summed E-state index contributed by atoms with van der Waals surface area (Å²) < 4.78 is 29.1. The van der Waals surface area contributed by atoms with E-state index >= 15 is 0 Å². The molecule has 2 aliphatic heterocycles. The second-order valence-corrected chi connectivity index (χ2v) is 7.22. The molecule has 2 heterocycles. The van der Waals surface area contributed by atoms with Gasteiger partial charge in [0.05, 0.1) is 22.7 Å². The van der Waals surface area contributed by atoms with Crippen molar-refractivity contribution in [1.82, 2.24) is 5.32 Å². The Labute approximate surface area is 91.3 Å². The van der Waals surface area contributed by atoms with Crippen LogP contribution in [0.2, 0.25) is 0 Å². The molecule has 2 aliphatic rings. The fourth-order valence-electron chi connectivity index (χ4n) is 2.45. The SMILES string of the molecule is CCC1(C)CNCC2(CCS(=O)(=O)C2)O1. The van der Waals surface area contributed by atoms with Gasteiger partial charge in [0, 0.05) is 13.1 Å². The first-order valence-electron chi connectivity index (χ1n) is 5.50. The Balaban J connectivity index is 2.17. The number of nitrogens with one attached hydrogen (secondary N) is 1. The highest BCUT2D eigenvalue weighted by Gasteiger charge is 2.49. The van der Waals surface area contributed by atoms with Gasteiger partial charge >= 0.3 is 0 Å². The molecule has 1 spiro atoms. The van der Waals surface area contributed by atoms with E-state index in [9.17, 15) is 8.42 Å². The molecule has 5 heteroatoms. The molecule has 0 aromatic carbocycles. The maximum atomic E-state index is 11.5. The van der Waals surface area contributed by atoms with Crippen LogP contribution in [0.25, 0.3) is 0 Å².